The lowest BCUT2D eigenvalue weighted by atomic mass is 9.85. The van der Waals surface area contributed by atoms with E-state index in [0.717, 1.165) is 32.4 Å². The topological polar surface area (TPSA) is 61.4 Å². The van der Waals surface area contributed by atoms with Crippen LogP contribution in [0.25, 0.3) is 0 Å². The van der Waals surface area contributed by atoms with Crippen molar-refractivity contribution < 1.29 is 9.90 Å². The van der Waals surface area contributed by atoms with Gasteiger partial charge in [0.25, 0.3) is 0 Å². The first-order valence-corrected chi connectivity index (χ1v) is 6.93. The fourth-order valence-corrected chi connectivity index (χ4v) is 2.74. The minimum atomic E-state index is -0.918. The van der Waals surface area contributed by atoms with Crippen molar-refractivity contribution in [2.45, 2.75) is 58.1 Å². The molecule has 1 amide bonds. The summed E-state index contributed by atoms with van der Waals surface area (Å²) in [5.74, 6) is 0.269. The Morgan fingerprint density at radius 1 is 1.28 bits per heavy atom. The SMILES string of the molecule is CC(C)(O)C(C)(C)NC(=O)C1CC12CCNCC2. The average molecular weight is 254 g/mol. The first kappa shape index (κ1) is 13.8. The molecule has 4 heteroatoms. The number of carbonyl (C=O) groups excluding carboxylic acids is 1. The van der Waals surface area contributed by atoms with Crippen LogP contribution in [-0.2, 0) is 4.79 Å². The number of hydrogen-bond acceptors (Lipinski definition) is 3. The molecule has 1 spiro atoms. The number of hydrogen-bond donors (Lipinski definition) is 3. The van der Waals surface area contributed by atoms with E-state index >= 15 is 0 Å². The van der Waals surface area contributed by atoms with E-state index in [1.807, 2.05) is 13.8 Å². The van der Waals surface area contributed by atoms with E-state index in [2.05, 4.69) is 10.6 Å². The summed E-state index contributed by atoms with van der Waals surface area (Å²) < 4.78 is 0. The third kappa shape index (κ3) is 2.41. The molecule has 1 atom stereocenters. The normalized spacial score (nSPS) is 27.1. The molecule has 1 aliphatic carbocycles. The molecule has 1 heterocycles. The zero-order valence-electron chi connectivity index (χ0n) is 12.0. The standard InChI is InChI=1S/C14H26N2O2/c1-12(2,13(3,4)18)16-11(17)10-9-14(10)5-7-15-8-6-14/h10,15,18H,5-9H2,1-4H3,(H,16,17). The molecular weight excluding hydrogens is 228 g/mol. The molecule has 1 aliphatic heterocycles. The number of amides is 1. The maximum absolute atomic E-state index is 12.3. The Hall–Kier alpha value is -0.610. The number of rotatable bonds is 3. The number of aliphatic hydroxyl groups is 1. The third-order valence-electron chi connectivity index (χ3n) is 5.07. The van der Waals surface area contributed by atoms with Gasteiger partial charge in [-0.2, -0.15) is 0 Å². The van der Waals surface area contributed by atoms with Crippen molar-refractivity contribution in [3.05, 3.63) is 0 Å². The molecule has 3 N–H and O–H groups in total. The van der Waals surface area contributed by atoms with Gasteiger partial charge in [0, 0.05) is 5.92 Å². The number of piperidine rings is 1. The maximum Gasteiger partial charge on any atom is 0.224 e. The van der Waals surface area contributed by atoms with Crippen molar-refractivity contribution >= 4 is 5.91 Å². The molecule has 2 fully saturated rings. The largest absolute Gasteiger partial charge is 0.388 e. The van der Waals surface area contributed by atoms with Crippen LogP contribution in [0.5, 0.6) is 0 Å². The Labute approximate surface area is 110 Å². The molecule has 4 nitrogen and oxygen atoms in total. The summed E-state index contributed by atoms with van der Waals surface area (Å²) in [6.07, 6.45) is 3.23. The lowest BCUT2D eigenvalue weighted by Gasteiger charge is -2.38. The quantitative estimate of drug-likeness (QED) is 0.705. The zero-order chi connectivity index (χ0) is 13.6. The van der Waals surface area contributed by atoms with Gasteiger partial charge in [-0.1, -0.05) is 0 Å². The van der Waals surface area contributed by atoms with Crippen LogP contribution in [0.2, 0.25) is 0 Å². The summed E-state index contributed by atoms with van der Waals surface area (Å²) in [6, 6.07) is 0. The van der Waals surface area contributed by atoms with Crippen LogP contribution in [0, 0.1) is 11.3 Å². The van der Waals surface area contributed by atoms with Crippen molar-refractivity contribution in [2.24, 2.45) is 11.3 Å². The van der Waals surface area contributed by atoms with Gasteiger partial charge in [-0.15, -0.1) is 0 Å². The molecule has 2 aliphatic rings. The average Bonchev–Trinajstić information content (AvgIpc) is 2.91. The molecular formula is C14H26N2O2. The summed E-state index contributed by atoms with van der Waals surface area (Å²) >= 11 is 0. The molecule has 0 bridgehead atoms. The Morgan fingerprint density at radius 2 is 1.83 bits per heavy atom. The van der Waals surface area contributed by atoms with Gasteiger partial charge in [-0.05, 0) is 65.5 Å². The Kier molecular flexibility index (Phi) is 3.23. The molecule has 104 valence electrons. The fourth-order valence-electron chi connectivity index (χ4n) is 2.74. The summed E-state index contributed by atoms with van der Waals surface area (Å²) in [4.78, 5) is 12.3. The van der Waals surface area contributed by atoms with Gasteiger partial charge >= 0.3 is 0 Å². The third-order valence-corrected chi connectivity index (χ3v) is 5.07. The summed E-state index contributed by atoms with van der Waals surface area (Å²) in [5, 5.41) is 16.4. The summed E-state index contributed by atoms with van der Waals surface area (Å²) in [6.45, 7) is 9.28. The van der Waals surface area contributed by atoms with Crippen molar-refractivity contribution in [1.29, 1.82) is 0 Å². The van der Waals surface area contributed by atoms with Gasteiger partial charge in [-0.3, -0.25) is 4.79 Å². The highest BCUT2D eigenvalue weighted by molar-refractivity contribution is 5.83. The van der Waals surface area contributed by atoms with Crippen molar-refractivity contribution in [1.82, 2.24) is 10.6 Å². The van der Waals surface area contributed by atoms with Crippen LogP contribution < -0.4 is 10.6 Å². The molecule has 0 radical (unpaired) electrons. The molecule has 1 unspecified atom stereocenters. The van der Waals surface area contributed by atoms with E-state index in [4.69, 9.17) is 0 Å². The van der Waals surface area contributed by atoms with Crippen molar-refractivity contribution in [3.63, 3.8) is 0 Å². The summed E-state index contributed by atoms with van der Waals surface area (Å²) in [7, 11) is 0. The highest BCUT2D eigenvalue weighted by Gasteiger charge is 2.58. The van der Waals surface area contributed by atoms with Crippen LogP contribution in [0.15, 0.2) is 0 Å². The van der Waals surface area contributed by atoms with Crippen LogP contribution >= 0.6 is 0 Å². The van der Waals surface area contributed by atoms with Gasteiger partial charge < -0.3 is 15.7 Å². The highest BCUT2D eigenvalue weighted by atomic mass is 16.3. The Morgan fingerprint density at radius 3 is 2.33 bits per heavy atom. The Balaban J connectivity index is 1.94. The van der Waals surface area contributed by atoms with Gasteiger partial charge in [-0.25, -0.2) is 0 Å². The van der Waals surface area contributed by atoms with Gasteiger partial charge in [0.05, 0.1) is 11.1 Å². The molecule has 1 saturated carbocycles. The van der Waals surface area contributed by atoms with Gasteiger partial charge in [0.2, 0.25) is 5.91 Å². The second-order valence-corrected chi connectivity index (χ2v) is 7.04. The van der Waals surface area contributed by atoms with Crippen LogP contribution in [0.1, 0.15) is 47.0 Å². The first-order chi connectivity index (χ1) is 8.18. The lowest BCUT2D eigenvalue weighted by Crippen LogP contribution is -2.58. The maximum atomic E-state index is 12.3. The van der Waals surface area contributed by atoms with Crippen molar-refractivity contribution in [3.8, 4) is 0 Å². The van der Waals surface area contributed by atoms with E-state index in [1.54, 1.807) is 13.8 Å². The van der Waals surface area contributed by atoms with Crippen molar-refractivity contribution in [2.75, 3.05) is 13.1 Å². The van der Waals surface area contributed by atoms with E-state index in [9.17, 15) is 9.90 Å². The van der Waals surface area contributed by atoms with Gasteiger partial charge in [0.15, 0.2) is 0 Å². The second kappa shape index (κ2) is 4.20. The second-order valence-electron chi connectivity index (χ2n) is 7.04. The fraction of sp³-hybridized carbons (Fsp3) is 0.929. The lowest BCUT2D eigenvalue weighted by molar-refractivity contribution is -0.128. The van der Waals surface area contributed by atoms with E-state index in [0.29, 0.717) is 0 Å². The predicted molar refractivity (Wildman–Crippen MR) is 71.2 cm³/mol. The molecule has 0 aromatic heterocycles. The monoisotopic (exact) mass is 254 g/mol. The van der Waals surface area contributed by atoms with Crippen LogP contribution in [-0.4, -0.2) is 35.2 Å². The highest BCUT2D eigenvalue weighted by Crippen LogP contribution is 2.58. The molecule has 18 heavy (non-hydrogen) atoms. The molecule has 1 saturated heterocycles. The molecule has 2 rings (SSSR count). The van der Waals surface area contributed by atoms with Crippen LogP contribution in [0.4, 0.5) is 0 Å². The van der Waals surface area contributed by atoms with E-state index < -0.39 is 11.1 Å². The number of carbonyl (C=O) groups is 1. The zero-order valence-corrected chi connectivity index (χ0v) is 12.0. The molecule has 0 aromatic carbocycles. The predicted octanol–water partition coefficient (Wildman–Crippen LogP) is 1.04. The minimum Gasteiger partial charge on any atom is -0.388 e. The number of nitrogens with one attached hydrogen (secondary N) is 2. The first-order valence-electron chi connectivity index (χ1n) is 6.93. The molecule has 0 aromatic rings. The Bertz CT molecular complexity index is 338. The van der Waals surface area contributed by atoms with Gasteiger partial charge in [0.1, 0.15) is 0 Å². The smallest absolute Gasteiger partial charge is 0.224 e. The van der Waals surface area contributed by atoms with E-state index in [1.165, 1.54) is 0 Å². The van der Waals surface area contributed by atoms with Crippen LogP contribution in [0.3, 0.4) is 0 Å². The minimum absolute atomic E-state index is 0.115. The van der Waals surface area contributed by atoms with E-state index in [-0.39, 0.29) is 17.2 Å². The summed E-state index contributed by atoms with van der Waals surface area (Å²) in [5.41, 5.74) is -1.26.